The number of sulfonamides is 1. The lowest BCUT2D eigenvalue weighted by Crippen LogP contribution is -2.35. The second-order valence-electron chi connectivity index (χ2n) is 9.04. The molecule has 1 aliphatic rings. The Kier molecular flexibility index (Phi) is 7.23. The highest BCUT2D eigenvalue weighted by molar-refractivity contribution is 7.89. The summed E-state index contributed by atoms with van der Waals surface area (Å²) in [5.74, 6) is -0.214. The molecule has 2 aromatic carbocycles. The number of hydrogen-bond donors (Lipinski definition) is 0. The van der Waals surface area contributed by atoms with Gasteiger partial charge in [0.15, 0.2) is 0 Å². The number of hydrogen-bond acceptors (Lipinski definition) is 6. The molecule has 0 unspecified atom stereocenters. The molecule has 0 saturated carbocycles. The van der Waals surface area contributed by atoms with Crippen molar-refractivity contribution in [2.24, 2.45) is 0 Å². The van der Waals surface area contributed by atoms with Crippen LogP contribution >= 0.6 is 0 Å². The first-order valence-corrected chi connectivity index (χ1v) is 13.2. The number of rotatable bonds is 7. The predicted octanol–water partition coefficient (Wildman–Crippen LogP) is 3.34. The highest BCUT2D eigenvalue weighted by atomic mass is 32.2. The molecule has 0 bridgehead atoms. The van der Waals surface area contributed by atoms with Gasteiger partial charge in [0.05, 0.1) is 22.2 Å². The molecule has 0 N–H and O–H groups in total. The van der Waals surface area contributed by atoms with Crippen LogP contribution in [-0.4, -0.2) is 72.5 Å². The van der Waals surface area contributed by atoms with Crippen molar-refractivity contribution in [2.45, 2.75) is 37.1 Å². The van der Waals surface area contributed by atoms with Gasteiger partial charge in [-0.3, -0.25) is 4.79 Å². The van der Waals surface area contributed by atoms with Crippen LogP contribution in [0, 0.1) is 0 Å². The summed E-state index contributed by atoms with van der Waals surface area (Å²) in [4.78, 5) is 21.7. The lowest BCUT2D eigenvalue weighted by molar-refractivity contribution is 0.0743. The van der Waals surface area contributed by atoms with E-state index in [2.05, 4.69) is 15.0 Å². The van der Waals surface area contributed by atoms with E-state index in [1.807, 2.05) is 31.2 Å². The standard InChI is InChI=1S/C25H32N6O3S/c1-19(20-8-10-21(11-9-20)31-18-26-17-27-31)29(4)25(32)23-16-22(35(33,34)28(2)3)12-13-24(23)30-14-6-5-7-15-30/h8-13,16-19H,5-7,14-15H2,1-4H3/t19-/m1/s1. The molecule has 0 aliphatic carbocycles. The molecule has 0 radical (unpaired) electrons. The Balaban J connectivity index is 1.66. The van der Waals surface area contributed by atoms with E-state index >= 15 is 0 Å². The third-order valence-electron chi connectivity index (χ3n) is 6.63. The summed E-state index contributed by atoms with van der Waals surface area (Å²) in [5, 5.41) is 4.14. The van der Waals surface area contributed by atoms with Gasteiger partial charge in [-0.25, -0.2) is 22.4 Å². The van der Waals surface area contributed by atoms with E-state index in [1.165, 1.54) is 30.8 Å². The fourth-order valence-electron chi connectivity index (χ4n) is 4.30. The van der Waals surface area contributed by atoms with Gasteiger partial charge in [-0.2, -0.15) is 5.10 Å². The maximum absolute atomic E-state index is 13.8. The first-order valence-electron chi connectivity index (χ1n) is 11.7. The van der Waals surface area contributed by atoms with Crippen LogP contribution in [0.4, 0.5) is 5.69 Å². The minimum atomic E-state index is -3.67. The van der Waals surface area contributed by atoms with E-state index in [4.69, 9.17) is 0 Å². The average molecular weight is 497 g/mol. The smallest absolute Gasteiger partial charge is 0.256 e. The van der Waals surface area contributed by atoms with E-state index in [1.54, 1.807) is 35.1 Å². The van der Waals surface area contributed by atoms with E-state index < -0.39 is 10.0 Å². The van der Waals surface area contributed by atoms with E-state index in [0.29, 0.717) is 5.56 Å². The number of nitrogens with zero attached hydrogens (tertiary/aromatic N) is 6. The van der Waals surface area contributed by atoms with Crippen molar-refractivity contribution in [2.75, 3.05) is 39.1 Å². The van der Waals surface area contributed by atoms with Crippen LogP contribution < -0.4 is 4.90 Å². The quantitative estimate of drug-likeness (QED) is 0.498. The highest BCUT2D eigenvalue weighted by Gasteiger charge is 2.27. The summed E-state index contributed by atoms with van der Waals surface area (Å²) in [5.41, 5.74) is 3.03. The summed E-state index contributed by atoms with van der Waals surface area (Å²) in [6.45, 7) is 3.66. The Hall–Kier alpha value is -3.24. The van der Waals surface area contributed by atoms with Crippen LogP contribution in [0.25, 0.3) is 5.69 Å². The molecule has 1 fully saturated rings. The van der Waals surface area contributed by atoms with Crippen molar-refractivity contribution in [1.29, 1.82) is 0 Å². The molecule has 2 heterocycles. The molecule has 3 aromatic rings. The molecule has 4 rings (SSSR count). The van der Waals surface area contributed by atoms with Crippen molar-refractivity contribution in [3.63, 3.8) is 0 Å². The van der Waals surface area contributed by atoms with Crippen molar-refractivity contribution >= 4 is 21.6 Å². The second kappa shape index (κ2) is 10.2. The van der Waals surface area contributed by atoms with Gasteiger partial charge in [0.1, 0.15) is 12.7 Å². The van der Waals surface area contributed by atoms with Gasteiger partial charge in [0, 0.05) is 39.9 Å². The Morgan fingerprint density at radius 2 is 1.69 bits per heavy atom. The molecule has 0 spiro atoms. The molecule has 1 amide bonds. The first-order chi connectivity index (χ1) is 16.7. The minimum absolute atomic E-state index is 0.116. The molecular weight excluding hydrogens is 464 g/mol. The van der Waals surface area contributed by atoms with Crippen LogP contribution in [-0.2, 0) is 10.0 Å². The average Bonchev–Trinajstić information content (AvgIpc) is 3.42. The Labute approximate surface area is 207 Å². The van der Waals surface area contributed by atoms with Crippen LogP contribution in [0.3, 0.4) is 0 Å². The third kappa shape index (κ3) is 5.08. The van der Waals surface area contributed by atoms with Gasteiger partial charge in [-0.05, 0) is 62.1 Å². The fraction of sp³-hybridized carbons (Fsp3) is 0.400. The second-order valence-corrected chi connectivity index (χ2v) is 11.2. The SMILES string of the molecule is C[C@H](c1ccc(-n2cncn2)cc1)N(C)C(=O)c1cc(S(=O)(=O)N(C)C)ccc1N1CCCCC1. The van der Waals surface area contributed by atoms with Crippen molar-refractivity contribution < 1.29 is 13.2 Å². The summed E-state index contributed by atoms with van der Waals surface area (Å²) in [6.07, 6.45) is 6.37. The molecule has 1 aliphatic heterocycles. The first kappa shape index (κ1) is 24.9. The third-order valence-corrected chi connectivity index (χ3v) is 8.44. The molecule has 1 saturated heterocycles. The van der Waals surface area contributed by atoms with Gasteiger partial charge in [-0.15, -0.1) is 0 Å². The van der Waals surface area contributed by atoms with E-state index in [0.717, 1.165) is 49.3 Å². The molecule has 186 valence electrons. The van der Waals surface area contributed by atoms with Crippen molar-refractivity contribution in [3.8, 4) is 5.69 Å². The van der Waals surface area contributed by atoms with Crippen molar-refractivity contribution in [3.05, 3.63) is 66.2 Å². The van der Waals surface area contributed by atoms with Crippen molar-refractivity contribution in [1.82, 2.24) is 24.0 Å². The molecule has 9 nitrogen and oxygen atoms in total. The normalized spacial score (nSPS) is 15.3. The summed E-state index contributed by atoms with van der Waals surface area (Å²) in [6, 6.07) is 12.5. The van der Waals surface area contributed by atoms with Crippen LogP contribution in [0.5, 0.6) is 0 Å². The minimum Gasteiger partial charge on any atom is -0.371 e. The number of anilines is 1. The van der Waals surface area contributed by atoms with Crippen LogP contribution in [0.2, 0.25) is 0 Å². The van der Waals surface area contributed by atoms with Gasteiger partial charge in [-0.1, -0.05) is 12.1 Å². The molecular formula is C25H32N6O3S. The zero-order chi connectivity index (χ0) is 25.2. The maximum atomic E-state index is 13.8. The Morgan fingerprint density at radius 1 is 1.00 bits per heavy atom. The number of amides is 1. The lowest BCUT2D eigenvalue weighted by atomic mass is 10.0. The summed E-state index contributed by atoms with van der Waals surface area (Å²) in [7, 11) is 1.07. The lowest BCUT2D eigenvalue weighted by Gasteiger charge is -2.32. The topological polar surface area (TPSA) is 91.6 Å². The monoisotopic (exact) mass is 496 g/mol. The maximum Gasteiger partial charge on any atom is 0.256 e. The Bertz CT molecular complexity index is 1270. The van der Waals surface area contributed by atoms with Gasteiger partial charge < -0.3 is 9.80 Å². The molecule has 10 heteroatoms. The number of piperidine rings is 1. The number of aromatic nitrogens is 3. The summed E-state index contributed by atoms with van der Waals surface area (Å²) < 4.78 is 28.5. The zero-order valence-corrected chi connectivity index (χ0v) is 21.4. The van der Waals surface area contributed by atoms with Gasteiger partial charge >= 0.3 is 0 Å². The summed E-state index contributed by atoms with van der Waals surface area (Å²) >= 11 is 0. The van der Waals surface area contributed by atoms with Crippen LogP contribution in [0.1, 0.15) is 48.1 Å². The highest BCUT2D eigenvalue weighted by Crippen LogP contribution is 2.31. The predicted molar refractivity (Wildman–Crippen MR) is 135 cm³/mol. The van der Waals surface area contributed by atoms with E-state index in [-0.39, 0.29) is 16.8 Å². The molecule has 1 aromatic heterocycles. The van der Waals surface area contributed by atoms with Crippen LogP contribution in [0.15, 0.2) is 60.0 Å². The number of benzene rings is 2. The largest absolute Gasteiger partial charge is 0.371 e. The Morgan fingerprint density at radius 3 is 2.29 bits per heavy atom. The van der Waals surface area contributed by atoms with Gasteiger partial charge in [0.2, 0.25) is 10.0 Å². The molecule has 1 atom stereocenters. The molecule has 35 heavy (non-hydrogen) atoms. The van der Waals surface area contributed by atoms with E-state index in [9.17, 15) is 13.2 Å². The fourth-order valence-corrected chi connectivity index (χ4v) is 5.23. The number of carbonyl (C=O) groups excluding carboxylic acids is 1. The van der Waals surface area contributed by atoms with Gasteiger partial charge in [0.25, 0.3) is 5.91 Å². The zero-order valence-electron chi connectivity index (χ0n) is 20.6. The number of carbonyl (C=O) groups is 1.